The molecular formula is C12H20ClNO2. The molecule has 0 saturated heterocycles. The van der Waals surface area contributed by atoms with Crippen molar-refractivity contribution in [3.63, 3.8) is 0 Å². The molecule has 0 aliphatic heterocycles. The maximum atomic E-state index is 5.92. The second-order valence-corrected chi connectivity index (χ2v) is 3.55. The Hall–Kier alpha value is -0.930. The summed E-state index contributed by atoms with van der Waals surface area (Å²) in [6.45, 7) is 2.08. The van der Waals surface area contributed by atoms with Crippen molar-refractivity contribution in [3.8, 4) is 11.5 Å². The van der Waals surface area contributed by atoms with Crippen molar-refractivity contribution in [2.75, 3.05) is 14.2 Å². The van der Waals surface area contributed by atoms with E-state index in [1.165, 1.54) is 0 Å². The molecule has 0 aliphatic carbocycles. The normalized spacial score (nSPS) is 11.5. The molecule has 1 aromatic carbocycles. The molecule has 16 heavy (non-hydrogen) atoms. The smallest absolute Gasteiger partial charge is 0.122 e. The lowest BCUT2D eigenvalue weighted by molar-refractivity contribution is 0.397. The van der Waals surface area contributed by atoms with E-state index in [2.05, 4.69) is 6.92 Å². The molecule has 0 heterocycles. The predicted octanol–water partition coefficient (Wildman–Crippen LogP) is 2.41. The van der Waals surface area contributed by atoms with E-state index in [1.54, 1.807) is 14.2 Å². The second-order valence-electron chi connectivity index (χ2n) is 3.55. The molecule has 0 fully saturated rings. The number of nitrogens with two attached hydrogens (primary N) is 1. The number of rotatable bonds is 5. The molecule has 2 N–H and O–H groups in total. The summed E-state index contributed by atoms with van der Waals surface area (Å²) < 4.78 is 10.5. The first-order valence-electron chi connectivity index (χ1n) is 5.17. The van der Waals surface area contributed by atoms with E-state index >= 15 is 0 Å². The third-order valence-corrected chi connectivity index (χ3v) is 2.49. The van der Waals surface area contributed by atoms with Crippen LogP contribution in [0.5, 0.6) is 11.5 Å². The topological polar surface area (TPSA) is 44.5 Å². The van der Waals surface area contributed by atoms with Crippen molar-refractivity contribution in [1.82, 2.24) is 0 Å². The zero-order valence-electron chi connectivity index (χ0n) is 10.0. The molecule has 1 unspecified atom stereocenters. The Morgan fingerprint density at radius 2 is 1.94 bits per heavy atom. The lowest BCUT2D eigenvalue weighted by Crippen LogP contribution is -2.21. The van der Waals surface area contributed by atoms with Crippen LogP contribution in [-0.4, -0.2) is 20.3 Å². The summed E-state index contributed by atoms with van der Waals surface area (Å²) in [5, 5.41) is 0. The molecule has 0 amide bonds. The average molecular weight is 246 g/mol. The molecule has 4 heteroatoms. The van der Waals surface area contributed by atoms with Gasteiger partial charge in [-0.05, 0) is 36.6 Å². The standard InChI is InChI=1S/C12H19NO2.ClH/c1-4-10(13)7-9-8-11(14-2)5-6-12(9)15-3;/h5-6,8,10H,4,7,13H2,1-3H3;1H. The summed E-state index contributed by atoms with van der Waals surface area (Å²) in [6.07, 6.45) is 1.78. The van der Waals surface area contributed by atoms with Crippen LogP contribution in [0.3, 0.4) is 0 Å². The minimum Gasteiger partial charge on any atom is -0.497 e. The largest absolute Gasteiger partial charge is 0.497 e. The van der Waals surface area contributed by atoms with E-state index in [-0.39, 0.29) is 18.4 Å². The third kappa shape index (κ3) is 3.91. The number of hydrogen-bond acceptors (Lipinski definition) is 3. The van der Waals surface area contributed by atoms with Crippen molar-refractivity contribution >= 4 is 12.4 Å². The first kappa shape index (κ1) is 15.1. The van der Waals surface area contributed by atoms with Gasteiger partial charge in [0.05, 0.1) is 14.2 Å². The van der Waals surface area contributed by atoms with E-state index in [9.17, 15) is 0 Å². The monoisotopic (exact) mass is 245 g/mol. The Kier molecular flexibility index (Phi) is 6.93. The van der Waals surface area contributed by atoms with E-state index < -0.39 is 0 Å². The summed E-state index contributed by atoms with van der Waals surface area (Å²) in [5.41, 5.74) is 7.03. The molecule has 1 rings (SSSR count). The molecule has 0 aromatic heterocycles. The fraction of sp³-hybridized carbons (Fsp3) is 0.500. The average Bonchev–Trinajstić information content (AvgIpc) is 2.28. The fourth-order valence-electron chi connectivity index (χ4n) is 1.47. The van der Waals surface area contributed by atoms with Crippen LogP contribution in [0.2, 0.25) is 0 Å². The maximum absolute atomic E-state index is 5.92. The van der Waals surface area contributed by atoms with Crippen LogP contribution in [0, 0.1) is 0 Å². The highest BCUT2D eigenvalue weighted by atomic mass is 35.5. The summed E-state index contributed by atoms with van der Waals surface area (Å²) in [7, 11) is 3.33. The van der Waals surface area contributed by atoms with Crippen LogP contribution < -0.4 is 15.2 Å². The number of halogens is 1. The van der Waals surface area contributed by atoms with Crippen LogP contribution >= 0.6 is 12.4 Å². The van der Waals surface area contributed by atoms with Gasteiger partial charge in [0, 0.05) is 6.04 Å². The first-order chi connectivity index (χ1) is 7.21. The Bertz CT molecular complexity index is 318. The molecule has 0 aliphatic rings. The Balaban J connectivity index is 0.00000225. The molecule has 0 saturated carbocycles. The van der Waals surface area contributed by atoms with Crippen molar-refractivity contribution in [1.29, 1.82) is 0 Å². The van der Waals surface area contributed by atoms with Crippen LogP contribution in [0.25, 0.3) is 0 Å². The number of methoxy groups -OCH3 is 2. The lowest BCUT2D eigenvalue weighted by atomic mass is 10.0. The molecular weight excluding hydrogens is 226 g/mol. The quantitative estimate of drug-likeness (QED) is 0.867. The minimum atomic E-state index is 0. The summed E-state index contributed by atoms with van der Waals surface area (Å²) in [4.78, 5) is 0. The second kappa shape index (κ2) is 7.36. The zero-order valence-corrected chi connectivity index (χ0v) is 10.8. The highest BCUT2D eigenvalue weighted by Gasteiger charge is 2.08. The fourth-order valence-corrected chi connectivity index (χ4v) is 1.47. The molecule has 3 nitrogen and oxygen atoms in total. The minimum absolute atomic E-state index is 0. The summed E-state index contributed by atoms with van der Waals surface area (Å²) in [5.74, 6) is 1.72. The van der Waals surface area contributed by atoms with E-state index in [0.717, 1.165) is 29.9 Å². The van der Waals surface area contributed by atoms with E-state index in [1.807, 2.05) is 18.2 Å². The van der Waals surface area contributed by atoms with Crippen molar-refractivity contribution in [3.05, 3.63) is 23.8 Å². The Labute approximate surface area is 103 Å². The van der Waals surface area contributed by atoms with Crippen LogP contribution in [0.15, 0.2) is 18.2 Å². The molecule has 0 bridgehead atoms. The lowest BCUT2D eigenvalue weighted by Gasteiger charge is -2.13. The molecule has 1 atom stereocenters. The van der Waals surface area contributed by atoms with Crippen LogP contribution in [-0.2, 0) is 6.42 Å². The summed E-state index contributed by atoms with van der Waals surface area (Å²) in [6, 6.07) is 5.95. The van der Waals surface area contributed by atoms with Crippen LogP contribution in [0.4, 0.5) is 0 Å². The zero-order chi connectivity index (χ0) is 11.3. The van der Waals surface area contributed by atoms with Gasteiger partial charge < -0.3 is 15.2 Å². The first-order valence-corrected chi connectivity index (χ1v) is 5.17. The van der Waals surface area contributed by atoms with Crippen molar-refractivity contribution in [2.24, 2.45) is 5.73 Å². The SMILES string of the molecule is CCC(N)Cc1cc(OC)ccc1OC.Cl. The number of benzene rings is 1. The van der Waals surface area contributed by atoms with Crippen molar-refractivity contribution in [2.45, 2.75) is 25.8 Å². The van der Waals surface area contributed by atoms with Gasteiger partial charge >= 0.3 is 0 Å². The summed E-state index contributed by atoms with van der Waals surface area (Å²) >= 11 is 0. The molecule has 92 valence electrons. The van der Waals surface area contributed by atoms with Gasteiger partial charge in [0.15, 0.2) is 0 Å². The third-order valence-electron chi connectivity index (χ3n) is 2.49. The molecule has 0 radical (unpaired) electrons. The van der Waals surface area contributed by atoms with E-state index in [4.69, 9.17) is 15.2 Å². The van der Waals surface area contributed by atoms with Gasteiger partial charge in [-0.2, -0.15) is 0 Å². The number of ether oxygens (including phenoxy) is 2. The Morgan fingerprint density at radius 3 is 2.44 bits per heavy atom. The van der Waals surface area contributed by atoms with Gasteiger partial charge in [0.25, 0.3) is 0 Å². The van der Waals surface area contributed by atoms with Gasteiger partial charge in [-0.1, -0.05) is 6.92 Å². The van der Waals surface area contributed by atoms with Gasteiger partial charge in [-0.25, -0.2) is 0 Å². The van der Waals surface area contributed by atoms with Gasteiger partial charge in [0.2, 0.25) is 0 Å². The van der Waals surface area contributed by atoms with Gasteiger partial charge in [0.1, 0.15) is 11.5 Å². The molecule has 1 aromatic rings. The predicted molar refractivity (Wildman–Crippen MR) is 68.8 cm³/mol. The van der Waals surface area contributed by atoms with Gasteiger partial charge in [-0.3, -0.25) is 0 Å². The highest BCUT2D eigenvalue weighted by molar-refractivity contribution is 5.85. The van der Waals surface area contributed by atoms with E-state index in [0.29, 0.717) is 0 Å². The Morgan fingerprint density at radius 1 is 1.25 bits per heavy atom. The molecule has 0 spiro atoms. The van der Waals surface area contributed by atoms with Crippen molar-refractivity contribution < 1.29 is 9.47 Å². The highest BCUT2D eigenvalue weighted by Crippen LogP contribution is 2.25. The van der Waals surface area contributed by atoms with Gasteiger partial charge in [-0.15, -0.1) is 12.4 Å². The maximum Gasteiger partial charge on any atom is 0.122 e. The number of hydrogen-bond donors (Lipinski definition) is 1. The van der Waals surface area contributed by atoms with Crippen LogP contribution in [0.1, 0.15) is 18.9 Å².